The Hall–Kier alpha value is -2.12. The molecule has 19 heavy (non-hydrogen) atoms. The molecule has 3 heterocycles. The van der Waals surface area contributed by atoms with Crippen molar-refractivity contribution in [3.63, 3.8) is 0 Å². The van der Waals surface area contributed by atoms with Crippen LogP contribution in [0.3, 0.4) is 0 Å². The van der Waals surface area contributed by atoms with Crippen LogP contribution in [0.5, 0.6) is 0 Å². The second-order valence-electron chi connectivity index (χ2n) is 3.74. The van der Waals surface area contributed by atoms with E-state index in [2.05, 4.69) is 15.4 Å². The number of hydrogen-bond acceptors (Lipinski definition) is 5. The van der Waals surface area contributed by atoms with E-state index in [-0.39, 0.29) is 5.91 Å². The Bertz CT molecular complexity index is 765. The van der Waals surface area contributed by atoms with Crippen molar-refractivity contribution in [2.45, 2.75) is 0 Å². The summed E-state index contributed by atoms with van der Waals surface area (Å²) in [5.74, 6) is 0.00372. The van der Waals surface area contributed by atoms with Gasteiger partial charge in [-0.25, -0.2) is 9.50 Å². The Kier molecular flexibility index (Phi) is 2.84. The topological polar surface area (TPSA) is 85.3 Å². The van der Waals surface area contributed by atoms with Gasteiger partial charge in [-0.15, -0.1) is 11.3 Å². The van der Waals surface area contributed by atoms with Crippen molar-refractivity contribution < 1.29 is 4.79 Å². The first-order valence-electron chi connectivity index (χ1n) is 5.29. The molecule has 0 aliphatic heterocycles. The van der Waals surface area contributed by atoms with E-state index in [1.54, 1.807) is 23.7 Å². The number of amides is 1. The van der Waals surface area contributed by atoms with Crippen LogP contribution >= 0.6 is 22.9 Å². The maximum absolute atomic E-state index is 12.2. The van der Waals surface area contributed by atoms with Crippen molar-refractivity contribution in [3.8, 4) is 0 Å². The average molecular weight is 294 g/mol. The fourth-order valence-corrected chi connectivity index (χ4v) is 2.45. The summed E-state index contributed by atoms with van der Waals surface area (Å²) in [5, 5.41) is 8.55. The molecule has 3 aromatic heterocycles. The fraction of sp³-hybridized carbons (Fsp3) is 0. The predicted molar refractivity (Wildman–Crippen MR) is 74.7 cm³/mol. The molecule has 0 aliphatic carbocycles. The number of halogens is 1. The largest absolute Gasteiger partial charge is 0.384 e. The van der Waals surface area contributed by atoms with Crippen molar-refractivity contribution in [3.05, 3.63) is 39.8 Å². The quantitative estimate of drug-likeness (QED) is 0.759. The van der Waals surface area contributed by atoms with Crippen molar-refractivity contribution in [1.82, 2.24) is 14.6 Å². The molecule has 0 spiro atoms. The Labute approximate surface area is 116 Å². The zero-order valence-corrected chi connectivity index (χ0v) is 11.1. The number of nitrogens with one attached hydrogen (secondary N) is 1. The lowest BCUT2D eigenvalue weighted by molar-refractivity contribution is 0.102. The number of nitrogens with zero attached hydrogens (tertiary/aromatic N) is 3. The van der Waals surface area contributed by atoms with E-state index in [9.17, 15) is 4.79 Å². The molecule has 0 unspecified atom stereocenters. The molecule has 3 rings (SSSR count). The molecule has 0 fully saturated rings. The van der Waals surface area contributed by atoms with E-state index in [0.29, 0.717) is 27.1 Å². The van der Waals surface area contributed by atoms with E-state index < -0.39 is 0 Å². The highest BCUT2D eigenvalue weighted by molar-refractivity contribution is 7.15. The summed E-state index contributed by atoms with van der Waals surface area (Å²) >= 11 is 7.28. The third kappa shape index (κ3) is 2.13. The van der Waals surface area contributed by atoms with Crippen LogP contribution in [0.1, 0.15) is 10.4 Å². The third-order valence-electron chi connectivity index (χ3n) is 2.50. The van der Waals surface area contributed by atoms with Crippen LogP contribution in [0.15, 0.2) is 29.9 Å². The maximum atomic E-state index is 12.2. The second kappa shape index (κ2) is 4.52. The minimum absolute atomic E-state index is 0.326. The molecule has 1 amide bonds. The third-order valence-corrected chi connectivity index (χ3v) is 3.67. The lowest BCUT2D eigenvalue weighted by atomic mass is 10.3. The molecular formula is C11H8ClN5OS. The van der Waals surface area contributed by atoms with Gasteiger partial charge in [0.15, 0.2) is 5.65 Å². The number of thiophene rings is 1. The maximum Gasteiger partial charge on any atom is 0.261 e. The second-order valence-corrected chi connectivity index (χ2v) is 5.26. The molecule has 0 radical (unpaired) electrons. The van der Waals surface area contributed by atoms with Gasteiger partial charge >= 0.3 is 0 Å². The molecule has 0 aliphatic rings. The SMILES string of the molecule is Nc1ccn2ncc(C(=O)Nc3ccsc3Cl)c2n1. The normalized spacial score (nSPS) is 10.8. The molecular weight excluding hydrogens is 286 g/mol. The Balaban J connectivity index is 1.98. The van der Waals surface area contributed by atoms with Crippen molar-refractivity contribution >= 4 is 46.0 Å². The highest BCUT2D eigenvalue weighted by Crippen LogP contribution is 2.28. The number of anilines is 2. The summed E-state index contributed by atoms with van der Waals surface area (Å²) in [5.41, 5.74) is 6.93. The van der Waals surface area contributed by atoms with Gasteiger partial charge in [-0.1, -0.05) is 11.6 Å². The smallest absolute Gasteiger partial charge is 0.261 e. The molecule has 96 valence electrons. The molecule has 3 N–H and O–H groups in total. The van der Waals surface area contributed by atoms with Gasteiger partial charge in [0.05, 0.1) is 11.9 Å². The molecule has 6 nitrogen and oxygen atoms in total. The van der Waals surface area contributed by atoms with Crippen LogP contribution in [-0.4, -0.2) is 20.5 Å². The van der Waals surface area contributed by atoms with Gasteiger partial charge < -0.3 is 11.1 Å². The van der Waals surface area contributed by atoms with Gasteiger partial charge in [0, 0.05) is 6.20 Å². The monoisotopic (exact) mass is 293 g/mol. The van der Waals surface area contributed by atoms with Crippen LogP contribution in [0.2, 0.25) is 4.34 Å². The van der Waals surface area contributed by atoms with Gasteiger partial charge in [-0.2, -0.15) is 5.10 Å². The first kappa shape index (κ1) is 11.9. The minimum atomic E-state index is -0.326. The van der Waals surface area contributed by atoms with Crippen molar-refractivity contribution in [1.29, 1.82) is 0 Å². The summed E-state index contributed by atoms with van der Waals surface area (Å²) in [6.07, 6.45) is 3.09. The van der Waals surface area contributed by atoms with Gasteiger partial charge in [0.1, 0.15) is 15.7 Å². The van der Waals surface area contributed by atoms with Crippen LogP contribution in [-0.2, 0) is 0 Å². The van der Waals surface area contributed by atoms with Crippen LogP contribution < -0.4 is 11.1 Å². The molecule has 8 heteroatoms. The molecule has 0 atom stereocenters. The standard InChI is InChI=1S/C11H8ClN5OS/c12-9-7(2-4-19-9)15-11(18)6-5-14-17-3-1-8(13)16-10(6)17/h1-5H,(H2,13,16)(H,15,18). The zero-order chi connectivity index (χ0) is 13.4. The zero-order valence-electron chi connectivity index (χ0n) is 9.50. The average Bonchev–Trinajstić information content (AvgIpc) is 2.96. The molecule has 0 saturated heterocycles. The first-order valence-corrected chi connectivity index (χ1v) is 6.55. The Morgan fingerprint density at radius 1 is 1.47 bits per heavy atom. The van der Waals surface area contributed by atoms with E-state index in [0.717, 1.165) is 0 Å². The summed E-state index contributed by atoms with van der Waals surface area (Å²) in [6, 6.07) is 3.34. The van der Waals surface area contributed by atoms with E-state index in [1.165, 1.54) is 22.0 Å². The number of carbonyl (C=O) groups is 1. The van der Waals surface area contributed by atoms with Gasteiger partial charge in [-0.3, -0.25) is 4.79 Å². The number of fused-ring (bicyclic) bond motifs is 1. The van der Waals surface area contributed by atoms with E-state index in [1.807, 2.05) is 0 Å². The van der Waals surface area contributed by atoms with Crippen LogP contribution in [0, 0.1) is 0 Å². The molecule has 0 aromatic carbocycles. The summed E-state index contributed by atoms with van der Waals surface area (Å²) < 4.78 is 2.01. The number of aromatic nitrogens is 3. The molecule has 0 saturated carbocycles. The highest BCUT2D eigenvalue weighted by Gasteiger charge is 2.15. The highest BCUT2D eigenvalue weighted by atomic mass is 35.5. The van der Waals surface area contributed by atoms with Crippen LogP contribution in [0.4, 0.5) is 11.5 Å². The summed E-state index contributed by atoms with van der Waals surface area (Å²) in [7, 11) is 0. The summed E-state index contributed by atoms with van der Waals surface area (Å²) in [4.78, 5) is 16.2. The van der Waals surface area contributed by atoms with E-state index >= 15 is 0 Å². The number of hydrogen-bond donors (Lipinski definition) is 2. The van der Waals surface area contributed by atoms with Crippen molar-refractivity contribution in [2.75, 3.05) is 11.1 Å². The Morgan fingerprint density at radius 2 is 2.32 bits per heavy atom. The lowest BCUT2D eigenvalue weighted by Gasteiger charge is -2.02. The first-order chi connectivity index (χ1) is 9.15. The van der Waals surface area contributed by atoms with Crippen LogP contribution in [0.25, 0.3) is 5.65 Å². The van der Waals surface area contributed by atoms with Gasteiger partial charge in [0.2, 0.25) is 0 Å². The number of carbonyl (C=O) groups excluding carboxylic acids is 1. The molecule has 3 aromatic rings. The lowest BCUT2D eigenvalue weighted by Crippen LogP contribution is -2.12. The minimum Gasteiger partial charge on any atom is -0.384 e. The molecule has 0 bridgehead atoms. The predicted octanol–water partition coefficient (Wildman–Crippen LogP) is 2.28. The Morgan fingerprint density at radius 3 is 3.05 bits per heavy atom. The number of nitrogen functional groups attached to an aromatic ring is 1. The summed E-state index contributed by atoms with van der Waals surface area (Å²) in [6.45, 7) is 0. The number of nitrogens with two attached hydrogens (primary N) is 1. The van der Waals surface area contributed by atoms with Gasteiger partial charge in [0.25, 0.3) is 5.91 Å². The van der Waals surface area contributed by atoms with Crippen molar-refractivity contribution in [2.24, 2.45) is 0 Å². The number of rotatable bonds is 2. The van der Waals surface area contributed by atoms with Gasteiger partial charge in [-0.05, 0) is 17.5 Å². The fourth-order valence-electron chi connectivity index (χ4n) is 1.61. The van der Waals surface area contributed by atoms with E-state index in [4.69, 9.17) is 17.3 Å².